The average Bonchev–Trinajstić information content (AvgIpc) is 1.74. The maximum absolute atomic E-state index is 14.4. The number of halogens is 7. The lowest BCUT2D eigenvalue weighted by molar-refractivity contribution is -0.165. The van der Waals surface area contributed by atoms with Crippen LogP contribution in [0.15, 0.2) is 109 Å². The highest BCUT2D eigenvalue weighted by Crippen LogP contribution is 2.50. The minimum atomic E-state index is -5.35. The van der Waals surface area contributed by atoms with Crippen molar-refractivity contribution >= 4 is 68.6 Å². The molecule has 95 heavy (non-hydrogen) atoms. The van der Waals surface area contributed by atoms with Crippen LogP contribution in [0.5, 0.6) is 0 Å². The number of hydrogen-bond acceptors (Lipinski definition) is 13. The van der Waals surface area contributed by atoms with Crippen LogP contribution in [0.25, 0.3) is 0 Å². The van der Waals surface area contributed by atoms with Crippen molar-refractivity contribution in [1.29, 1.82) is 0 Å². The first-order chi connectivity index (χ1) is 45.0. The number of nitrogens with zero attached hydrogens (tertiary/aromatic N) is 5. The van der Waals surface area contributed by atoms with Crippen molar-refractivity contribution in [2.45, 2.75) is 136 Å². The van der Waals surface area contributed by atoms with Crippen molar-refractivity contribution < 1.29 is 72.1 Å². The number of likely N-dealkylation sites (N-methyl/N-ethyl adjacent to an activating group) is 1. The van der Waals surface area contributed by atoms with E-state index in [9.17, 15) is 67.9 Å². The summed E-state index contributed by atoms with van der Waals surface area (Å²) in [4.78, 5) is 95.0. The van der Waals surface area contributed by atoms with Gasteiger partial charge in [0.25, 0.3) is 0 Å². The largest absolute Gasteiger partial charge is 0.523 e. The molecule has 4 aliphatic carbocycles. The number of rotatable bonds is 10. The maximum Gasteiger partial charge on any atom is 0.523 e. The van der Waals surface area contributed by atoms with Crippen molar-refractivity contribution in [3.63, 3.8) is 0 Å². The SMILES string of the molecule is C[C@@]1(c2cc(F)cc(F)c2)CN([11CH3])C2(CCCC2)C(=O)N1CC(=O)Nc1ccc2c(c1)C[C@@]1(C2)C(=O)Nc2ncccc21.C[C@@]1(c2cc(F)cc(F)c2)CNC2(CCCC2)C(=O)N1CC(=O)Nc1ccc2c(c1)C[C@@]1(C2)C(=O)Nc2ncccc21.[11CH3]COS(=O)(=O)C(F)(F)F. The summed E-state index contributed by atoms with van der Waals surface area (Å²) in [6.07, 6.45) is 11.6. The third kappa shape index (κ3) is 11.8. The van der Waals surface area contributed by atoms with Crippen molar-refractivity contribution in [2.75, 3.05) is 61.1 Å². The number of pyridine rings is 2. The van der Waals surface area contributed by atoms with Crippen LogP contribution in [0.3, 0.4) is 0 Å². The first-order valence-corrected chi connectivity index (χ1v) is 32.7. The lowest BCUT2D eigenvalue weighted by atomic mass is 9.78. The standard InChI is InChI=1S/C33H33F2N5O3.C32H31F2N5O3.C3H5F3O3S/c1-31(22-13-23(34)15-24(35)14-22)19-39(2)33(9-3-4-10-33)30(43)40(31)18-27(41)37-25-8-7-20-16-32(17-21(20)12-25)26-6-5-11-36-28(26)38-29(32)42;1-30(21-12-22(33)14-23(34)13-21)18-36-32(8-2-3-9-32)29(42)39(30)17-26(40)37-24-7-6-19-15-31(16-20(19)11-24)25-5-4-10-35-27(25)38-28(31)41;1-2-9-10(7,8)3(4,5)6/h5-8,11-15H,3-4,9-10,16-19H2,1-2H3,(H,37,41)(H,36,38,42);4-7,10-14,36H,2-3,8-9,15-18H2,1H3,(H,37,40)(H,35,38,41);2H2,1H3/t31-,32+;30-,31+;/m00./s1/i2-1;;1-1. The third-order valence-corrected chi connectivity index (χ3v) is 21.6. The number of piperazine rings is 2. The summed E-state index contributed by atoms with van der Waals surface area (Å²) in [6, 6.07) is 25.3. The van der Waals surface area contributed by atoms with Crippen LogP contribution >= 0.6 is 0 Å². The average molecular weight is 1330 g/mol. The molecule has 4 aromatic carbocycles. The molecular formula is C68H69F7N10O9S. The van der Waals surface area contributed by atoms with E-state index in [4.69, 9.17) is 0 Å². The van der Waals surface area contributed by atoms with Crippen molar-refractivity contribution in [3.8, 4) is 0 Å². The minimum Gasteiger partial charge on any atom is -0.325 e. The molecule has 4 fully saturated rings. The summed E-state index contributed by atoms with van der Waals surface area (Å²) in [5.74, 6) is -3.18. The molecule has 4 atom stereocenters. The molecule has 6 aromatic rings. The Labute approximate surface area is 543 Å². The fraction of sp³-hybridized carbons (Fsp3) is 0.412. The van der Waals surface area contributed by atoms with Gasteiger partial charge in [0.15, 0.2) is 0 Å². The second-order valence-electron chi connectivity index (χ2n) is 26.3. The number of anilines is 4. The monoisotopic (exact) mass is 1330 g/mol. The van der Waals surface area contributed by atoms with E-state index in [2.05, 4.69) is 40.7 Å². The molecule has 14 rings (SSSR count). The van der Waals surface area contributed by atoms with Crippen LogP contribution in [0.2, 0.25) is 0 Å². The molecule has 6 heterocycles. The second kappa shape index (κ2) is 24.5. The summed E-state index contributed by atoms with van der Waals surface area (Å²) in [5.41, 5.74) is -3.11. The number of benzene rings is 4. The van der Waals surface area contributed by atoms with E-state index >= 15 is 0 Å². The minimum absolute atomic E-state index is 0.0783. The van der Waals surface area contributed by atoms with Gasteiger partial charge in [0.05, 0.1) is 34.1 Å². The van der Waals surface area contributed by atoms with Gasteiger partial charge in [-0.25, -0.2) is 27.5 Å². The second-order valence-corrected chi connectivity index (χ2v) is 27.9. The number of aromatic nitrogens is 2. The van der Waals surface area contributed by atoms with Crippen LogP contribution in [0.1, 0.15) is 117 Å². The first kappa shape index (κ1) is 66.4. The Balaban J connectivity index is 0.000000159. The Morgan fingerprint density at radius 1 is 0.600 bits per heavy atom. The Kier molecular flexibility index (Phi) is 17.1. The summed E-state index contributed by atoms with van der Waals surface area (Å²) in [7, 11) is -3.47. The van der Waals surface area contributed by atoms with E-state index in [1.807, 2.05) is 60.5 Å². The molecule has 0 radical (unpaired) electrons. The number of carbonyl (C=O) groups excluding carboxylic acids is 6. The molecular weight excluding hydrogens is 1260 g/mol. The molecule has 4 spiro atoms. The molecule has 6 amide bonds. The van der Waals surface area contributed by atoms with Gasteiger partial charge in [-0.15, -0.1) is 0 Å². The number of hydrogen-bond donors (Lipinski definition) is 5. The van der Waals surface area contributed by atoms with Gasteiger partial charge in [-0.2, -0.15) is 21.6 Å². The molecule has 2 saturated heterocycles. The van der Waals surface area contributed by atoms with E-state index in [1.54, 1.807) is 38.4 Å². The number of alkyl halides is 3. The summed E-state index contributed by atoms with van der Waals surface area (Å²) in [6.45, 7) is 4.17. The lowest BCUT2D eigenvalue weighted by Gasteiger charge is -2.55. The predicted octanol–water partition coefficient (Wildman–Crippen LogP) is 9.11. The van der Waals surface area contributed by atoms with E-state index in [-0.39, 0.29) is 48.8 Å². The molecule has 500 valence electrons. The first-order valence-electron chi connectivity index (χ1n) is 31.3. The summed E-state index contributed by atoms with van der Waals surface area (Å²) >= 11 is 0. The van der Waals surface area contributed by atoms with E-state index in [1.165, 1.54) is 34.1 Å². The highest BCUT2D eigenvalue weighted by molar-refractivity contribution is 7.87. The zero-order valence-electron chi connectivity index (χ0n) is 52.4. The highest BCUT2D eigenvalue weighted by atomic mass is 32.2. The van der Waals surface area contributed by atoms with Crippen LogP contribution in [0.4, 0.5) is 53.7 Å². The molecule has 2 saturated carbocycles. The molecule has 27 heteroatoms. The Morgan fingerprint density at radius 2 is 1.03 bits per heavy atom. The quantitative estimate of drug-likeness (QED) is 0.0489. The zero-order chi connectivity index (χ0) is 67.8. The van der Waals surface area contributed by atoms with Crippen LogP contribution in [-0.2, 0) is 90.7 Å². The normalized spacial score (nSPS) is 24.4. The topological polar surface area (TPSA) is 241 Å². The van der Waals surface area contributed by atoms with Crippen LogP contribution in [0, 0.1) is 23.3 Å². The number of fused-ring (bicyclic) bond motifs is 6. The number of carbonyl (C=O) groups is 6. The Bertz CT molecular complexity index is 4220. The third-order valence-electron chi connectivity index (χ3n) is 20.5. The summed E-state index contributed by atoms with van der Waals surface area (Å²) in [5, 5.41) is 15.1. The Hall–Kier alpha value is -8.66. The Morgan fingerprint density at radius 3 is 1.47 bits per heavy atom. The van der Waals surface area contributed by atoms with Crippen molar-refractivity contribution in [3.05, 3.63) is 177 Å². The summed E-state index contributed by atoms with van der Waals surface area (Å²) < 4.78 is 114. The fourth-order valence-corrected chi connectivity index (χ4v) is 16.0. The maximum atomic E-state index is 14.4. The molecule has 19 nitrogen and oxygen atoms in total. The molecule has 5 N–H and O–H groups in total. The number of amides is 6. The molecule has 4 aliphatic heterocycles. The highest BCUT2D eigenvalue weighted by Gasteiger charge is 2.59. The van der Waals surface area contributed by atoms with Crippen molar-refractivity contribution in [1.82, 2.24) is 30.0 Å². The predicted molar refractivity (Wildman–Crippen MR) is 335 cm³/mol. The van der Waals surface area contributed by atoms with Gasteiger partial charge in [-0.05, 0) is 173 Å². The van der Waals surface area contributed by atoms with E-state index in [0.717, 1.165) is 78.1 Å². The van der Waals surface area contributed by atoms with Gasteiger partial charge in [0.2, 0.25) is 35.4 Å². The van der Waals surface area contributed by atoms with Gasteiger partial charge in [-0.3, -0.25) is 37.9 Å². The fourth-order valence-electron chi connectivity index (χ4n) is 15.6. The van der Waals surface area contributed by atoms with Crippen LogP contribution < -0.4 is 26.6 Å². The van der Waals surface area contributed by atoms with Crippen molar-refractivity contribution in [2.24, 2.45) is 0 Å². The van der Waals surface area contributed by atoms with E-state index in [0.29, 0.717) is 86.5 Å². The van der Waals surface area contributed by atoms with Gasteiger partial charge in [-0.1, -0.05) is 49.9 Å². The smallest absolute Gasteiger partial charge is 0.325 e. The molecule has 8 aliphatic rings. The lowest BCUT2D eigenvalue weighted by Crippen LogP contribution is -2.71. The van der Waals surface area contributed by atoms with Gasteiger partial charge in [0, 0.05) is 60.1 Å². The zero-order valence-corrected chi connectivity index (χ0v) is 53.2. The van der Waals surface area contributed by atoms with Gasteiger partial charge >= 0.3 is 15.6 Å². The van der Waals surface area contributed by atoms with Gasteiger partial charge < -0.3 is 36.4 Å². The van der Waals surface area contributed by atoms with E-state index < -0.39 is 90.3 Å². The van der Waals surface area contributed by atoms with Crippen LogP contribution in [-0.4, -0.2) is 125 Å². The molecule has 0 unspecified atom stereocenters. The molecule has 0 bridgehead atoms. The molecule has 2 aromatic heterocycles. The number of nitrogens with one attached hydrogen (secondary N) is 5. The van der Waals surface area contributed by atoms with Gasteiger partial charge in [0.1, 0.15) is 53.5 Å².